The highest BCUT2D eigenvalue weighted by molar-refractivity contribution is 7.86. The molecule has 0 N–H and O–H groups in total. The van der Waals surface area contributed by atoms with Crippen molar-refractivity contribution in [3.05, 3.63) is 46.7 Å². The second-order valence-electron chi connectivity index (χ2n) is 6.25. The molecule has 0 fully saturated rings. The van der Waals surface area contributed by atoms with E-state index < -0.39 is 10.1 Å². The Morgan fingerprint density at radius 3 is 2.10 bits per heavy atom. The van der Waals surface area contributed by atoms with Crippen molar-refractivity contribution in [1.82, 2.24) is 0 Å². The average Bonchev–Trinajstić information content (AvgIpc) is 2.98. The molecule has 154 valence electrons. The Bertz CT molecular complexity index is 1090. The number of rotatable bonds is 6. The lowest BCUT2D eigenvalue weighted by Crippen LogP contribution is -2.07. The van der Waals surface area contributed by atoms with Crippen LogP contribution in [0.3, 0.4) is 0 Å². The van der Waals surface area contributed by atoms with Crippen LogP contribution in [-0.2, 0) is 10.1 Å². The first kappa shape index (κ1) is 20.5. The van der Waals surface area contributed by atoms with E-state index in [1.54, 1.807) is 25.1 Å². The van der Waals surface area contributed by atoms with E-state index >= 15 is 0 Å². The summed E-state index contributed by atoms with van der Waals surface area (Å²) in [5.74, 6) is 1.40. The van der Waals surface area contributed by atoms with E-state index in [4.69, 9.17) is 23.1 Å². The van der Waals surface area contributed by atoms with Crippen LogP contribution in [0.2, 0.25) is 0 Å². The lowest BCUT2D eigenvalue weighted by atomic mass is 10.1. The van der Waals surface area contributed by atoms with Crippen LogP contribution < -0.4 is 23.1 Å². The number of hydrogen-bond donors (Lipinski definition) is 0. The van der Waals surface area contributed by atoms with Crippen molar-refractivity contribution >= 4 is 22.0 Å². The van der Waals surface area contributed by atoms with Gasteiger partial charge in [-0.05, 0) is 42.8 Å². The van der Waals surface area contributed by atoms with Gasteiger partial charge in [0.15, 0.2) is 17.3 Å². The smallest absolute Gasteiger partial charge is 0.306 e. The highest BCUT2D eigenvalue weighted by Gasteiger charge is 2.31. The third-order valence-corrected chi connectivity index (χ3v) is 4.74. The summed E-state index contributed by atoms with van der Waals surface area (Å²) in [6, 6.07) is 6.26. The second-order valence-corrected chi connectivity index (χ2v) is 7.83. The summed E-state index contributed by atoms with van der Waals surface area (Å²) in [4.78, 5) is 12.7. The van der Waals surface area contributed by atoms with Gasteiger partial charge in [0.2, 0.25) is 11.5 Å². The number of ether oxygens (including phenoxy) is 4. The molecule has 1 heterocycles. The van der Waals surface area contributed by atoms with Gasteiger partial charge in [-0.1, -0.05) is 0 Å². The van der Waals surface area contributed by atoms with Crippen LogP contribution in [0.1, 0.15) is 21.5 Å². The topological polar surface area (TPSA) is 97.4 Å². The summed E-state index contributed by atoms with van der Waals surface area (Å²) >= 11 is 0. The quantitative estimate of drug-likeness (QED) is 0.520. The van der Waals surface area contributed by atoms with Crippen molar-refractivity contribution in [2.75, 3.05) is 27.6 Å². The van der Waals surface area contributed by atoms with E-state index in [0.29, 0.717) is 33.9 Å². The number of Topliss-reactive ketones (excluding diaryl/α,β-unsaturated/α-hetero) is 1. The Balaban J connectivity index is 2.02. The molecule has 0 saturated carbocycles. The maximum absolute atomic E-state index is 12.7. The van der Waals surface area contributed by atoms with Crippen molar-refractivity contribution in [2.45, 2.75) is 6.92 Å². The van der Waals surface area contributed by atoms with Crippen LogP contribution in [0.4, 0.5) is 0 Å². The van der Waals surface area contributed by atoms with E-state index in [2.05, 4.69) is 0 Å². The molecule has 8 nitrogen and oxygen atoms in total. The zero-order valence-electron chi connectivity index (χ0n) is 16.6. The van der Waals surface area contributed by atoms with E-state index in [9.17, 15) is 13.2 Å². The molecular formula is C20H20O8S. The van der Waals surface area contributed by atoms with E-state index in [1.165, 1.54) is 33.5 Å². The molecule has 3 rings (SSSR count). The number of carbonyl (C=O) groups is 1. The number of benzene rings is 2. The summed E-state index contributed by atoms with van der Waals surface area (Å²) in [5.41, 5.74) is 1.33. The standard InChI is InChI=1S/C20H20O8S/c1-11-14(28-29(5,22)23)7-6-13-18(21)15(27-19(11)13)8-12-9-16(24-2)20(26-4)17(10-12)25-3/h6-10H,1-5H3/b15-8-. The SMILES string of the molecule is COc1cc(/C=C2\Oc3c(ccc(OS(C)(=O)=O)c3C)C2=O)cc(OC)c1OC. The van der Waals surface area contributed by atoms with E-state index in [1.807, 2.05) is 0 Å². The number of hydrogen-bond acceptors (Lipinski definition) is 8. The molecule has 0 aliphatic carbocycles. The monoisotopic (exact) mass is 420 g/mol. The summed E-state index contributed by atoms with van der Waals surface area (Å²) in [6.07, 6.45) is 2.49. The van der Waals surface area contributed by atoms with Gasteiger partial charge < -0.3 is 23.1 Å². The van der Waals surface area contributed by atoms with E-state index in [0.717, 1.165) is 6.26 Å². The zero-order valence-corrected chi connectivity index (χ0v) is 17.4. The Morgan fingerprint density at radius 1 is 0.966 bits per heavy atom. The first-order valence-electron chi connectivity index (χ1n) is 8.45. The predicted molar refractivity (Wildman–Crippen MR) is 106 cm³/mol. The van der Waals surface area contributed by atoms with Crippen molar-refractivity contribution in [2.24, 2.45) is 0 Å². The fourth-order valence-corrected chi connectivity index (χ4v) is 3.46. The molecule has 1 aliphatic heterocycles. The van der Waals surface area contributed by atoms with Gasteiger partial charge in [0, 0.05) is 5.56 Å². The highest BCUT2D eigenvalue weighted by atomic mass is 32.2. The minimum absolute atomic E-state index is 0.0777. The van der Waals surface area contributed by atoms with Crippen LogP contribution >= 0.6 is 0 Å². The van der Waals surface area contributed by atoms with Gasteiger partial charge in [-0.15, -0.1) is 0 Å². The van der Waals surface area contributed by atoms with Crippen molar-refractivity contribution in [3.63, 3.8) is 0 Å². The Morgan fingerprint density at radius 2 is 1.59 bits per heavy atom. The Labute approximate surface area is 168 Å². The van der Waals surface area contributed by atoms with Crippen LogP contribution in [0.5, 0.6) is 28.7 Å². The Kier molecular flexibility index (Phi) is 5.43. The van der Waals surface area contributed by atoms with Crippen LogP contribution in [0.15, 0.2) is 30.0 Å². The molecule has 0 atom stereocenters. The average molecular weight is 420 g/mol. The van der Waals surface area contributed by atoms with Crippen molar-refractivity contribution < 1.29 is 36.3 Å². The van der Waals surface area contributed by atoms with Gasteiger partial charge in [0.25, 0.3) is 0 Å². The molecule has 2 aromatic carbocycles. The molecule has 0 saturated heterocycles. The number of fused-ring (bicyclic) bond motifs is 1. The first-order chi connectivity index (χ1) is 13.7. The van der Waals surface area contributed by atoms with Crippen molar-refractivity contribution in [3.8, 4) is 28.7 Å². The Hall–Kier alpha value is -3.20. The van der Waals surface area contributed by atoms with Gasteiger partial charge in [0.05, 0.1) is 33.1 Å². The van der Waals surface area contributed by atoms with Crippen LogP contribution in [-0.4, -0.2) is 41.8 Å². The third kappa shape index (κ3) is 4.00. The number of allylic oxidation sites excluding steroid dienone is 1. The molecule has 0 aromatic heterocycles. The zero-order chi connectivity index (χ0) is 21.3. The lowest BCUT2D eigenvalue weighted by Gasteiger charge is -2.13. The highest BCUT2D eigenvalue weighted by Crippen LogP contribution is 2.41. The van der Waals surface area contributed by atoms with Gasteiger partial charge >= 0.3 is 10.1 Å². The van der Waals surface area contributed by atoms with E-state index in [-0.39, 0.29) is 23.0 Å². The summed E-state index contributed by atoms with van der Waals surface area (Å²) in [6.45, 7) is 1.62. The van der Waals surface area contributed by atoms with Gasteiger partial charge in [-0.25, -0.2) is 0 Å². The summed E-state index contributed by atoms with van der Waals surface area (Å²) in [5, 5.41) is 0. The number of carbonyl (C=O) groups excluding carboxylic acids is 1. The maximum Gasteiger partial charge on any atom is 0.306 e. The molecule has 0 amide bonds. The van der Waals surface area contributed by atoms with Crippen LogP contribution in [0.25, 0.3) is 6.08 Å². The largest absolute Gasteiger partial charge is 0.493 e. The molecule has 0 unspecified atom stereocenters. The van der Waals surface area contributed by atoms with Gasteiger partial charge in [0.1, 0.15) is 11.5 Å². The molecule has 0 spiro atoms. The number of methoxy groups -OCH3 is 3. The molecule has 2 aromatic rings. The molecule has 29 heavy (non-hydrogen) atoms. The molecular weight excluding hydrogens is 400 g/mol. The summed E-state index contributed by atoms with van der Waals surface area (Å²) < 4.78 is 49.5. The third-order valence-electron chi connectivity index (χ3n) is 4.26. The lowest BCUT2D eigenvalue weighted by molar-refractivity contribution is 0.101. The van der Waals surface area contributed by atoms with Crippen molar-refractivity contribution in [1.29, 1.82) is 0 Å². The van der Waals surface area contributed by atoms with Gasteiger partial charge in [-0.3, -0.25) is 4.79 Å². The summed E-state index contributed by atoms with van der Waals surface area (Å²) in [7, 11) is 0.776. The molecule has 1 aliphatic rings. The van der Waals surface area contributed by atoms with Gasteiger partial charge in [-0.2, -0.15) is 8.42 Å². The fourth-order valence-electron chi connectivity index (χ4n) is 2.96. The molecule has 0 radical (unpaired) electrons. The molecule has 9 heteroatoms. The number of ketones is 1. The predicted octanol–water partition coefficient (Wildman–Crippen LogP) is 2.98. The fraction of sp³-hybridized carbons (Fsp3) is 0.250. The maximum atomic E-state index is 12.7. The minimum Gasteiger partial charge on any atom is -0.493 e. The minimum atomic E-state index is -3.71. The molecule has 0 bridgehead atoms. The normalized spacial score (nSPS) is 14.4. The second kappa shape index (κ2) is 7.67. The van der Waals surface area contributed by atoms with Crippen LogP contribution in [0, 0.1) is 6.92 Å². The first-order valence-corrected chi connectivity index (χ1v) is 10.3.